The fourth-order valence-electron chi connectivity index (χ4n) is 2.36. The average Bonchev–Trinajstić information content (AvgIpc) is 2.45. The van der Waals surface area contributed by atoms with Crippen LogP contribution in [0.25, 0.3) is 0 Å². The molecule has 0 aliphatic heterocycles. The lowest BCUT2D eigenvalue weighted by molar-refractivity contribution is 0.100. The van der Waals surface area contributed by atoms with E-state index >= 15 is 0 Å². The molecule has 5 heteroatoms. The second-order valence-electron chi connectivity index (χ2n) is 5.13. The Morgan fingerprint density at radius 3 is 2.45 bits per heavy atom. The molecule has 22 heavy (non-hydrogen) atoms. The number of amides is 1. The number of rotatable bonds is 5. The molecule has 2 aromatic carbocycles. The van der Waals surface area contributed by atoms with Gasteiger partial charge in [0, 0.05) is 7.11 Å². The Hall–Kier alpha value is -1.55. The predicted octanol–water partition coefficient (Wildman–Crippen LogP) is 4.14. The van der Waals surface area contributed by atoms with E-state index in [0.29, 0.717) is 18.1 Å². The summed E-state index contributed by atoms with van der Waals surface area (Å²) < 4.78 is 5.15. The molecule has 0 spiro atoms. The van der Waals surface area contributed by atoms with E-state index in [-0.39, 0.29) is 10.6 Å². The molecule has 0 fully saturated rings. The molecule has 0 atom stereocenters. The van der Waals surface area contributed by atoms with E-state index in [1.165, 1.54) is 0 Å². The van der Waals surface area contributed by atoms with Crippen molar-refractivity contribution in [2.24, 2.45) is 5.73 Å². The highest BCUT2D eigenvalue weighted by Crippen LogP contribution is 2.29. The third-order valence-corrected chi connectivity index (χ3v) is 4.27. The van der Waals surface area contributed by atoms with Gasteiger partial charge in [-0.2, -0.15) is 0 Å². The zero-order valence-electron chi connectivity index (χ0n) is 12.5. The van der Waals surface area contributed by atoms with Crippen molar-refractivity contribution in [1.29, 1.82) is 0 Å². The van der Waals surface area contributed by atoms with Gasteiger partial charge in [-0.05, 0) is 41.7 Å². The maximum atomic E-state index is 11.5. The molecule has 3 nitrogen and oxygen atoms in total. The Morgan fingerprint density at radius 2 is 1.86 bits per heavy atom. The van der Waals surface area contributed by atoms with Gasteiger partial charge in [-0.25, -0.2) is 0 Å². The van der Waals surface area contributed by atoms with Gasteiger partial charge in [0.2, 0.25) is 0 Å². The Morgan fingerprint density at radius 1 is 1.18 bits per heavy atom. The van der Waals surface area contributed by atoms with Crippen LogP contribution >= 0.6 is 23.2 Å². The number of carbonyl (C=O) groups excluding carboxylic acids is 1. The predicted molar refractivity (Wildman–Crippen MR) is 89.7 cm³/mol. The molecule has 0 bridgehead atoms. The highest BCUT2D eigenvalue weighted by molar-refractivity contribution is 6.40. The van der Waals surface area contributed by atoms with Crippen LogP contribution in [0.2, 0.25) is 10.0 Å². The first-order valence-electron chi connectivity index (χ1n) is 6.78. The Balaban J connectivity index is 2.33. The van der Waals surface area contributed by atoms with Crippen LogP contribution in [0.3, 0.4) is 0 Å². The minimum Gasteiger partial charge on any atom is -0.380 e. The third-order valence-electron chi connectivity index (χ3n) is 3.52. The Kier molecular flexibility index (Phi) is 5.46. The molecule has 0 heterocycles. The smallest absolute Gasteiger partial charge is 0.251 e. The van der Waals surface area contributed by atoms with Gasteiger partial charge in [-0.3, -0.25) is 4.79 Å². The van der Waals surface area contributed by atoms with Crippen molar-refractivity contribution in [2.75, 3.05) is 7.11 Å². The van der Waals surface area contributed by atoms with Crippen molar-refractivity contribution in [3.05, 3.63) is 68.2 Å². The number of hydrogen-bond acceptors (Lipinski definition) is 2. The van der Waals surface area contributed by atoms with Gasteiger partial charge in [0.15, 0.2) is 0 Å². The van der Waals surface area contributed by atoms with Crippen LogP contribution in [0.4, 0.5) is 0 Å². The van der Waals surface area contributed by atoms with Crippen molar-refractivity contribution < 1.29 is 9.53 Å². The van der Waals surface area contributed by atoms with Crippen LogP contribution in [0, 0.1) is 6.92 Å². The maximum absolute atomic E-state index is 11.5. The van der Waals surface area contributed by atoms with E-state index in [2.05, 4.69) is 6.07 Å². The van der Waals surface area contributed by atoms with Crippen LogP contribution in [-0.2, 0) is 17.8 Å². The van der Waals surface area contributed by atoms with Crippen molar-refractivity contribution in [3.63, 3.8) is 0 Å². The topological polar surface area (TPSA) is 52.3 Å². The van der Waals surface area contributed by atoms with Crippen LogP contribution in [-0.4, -0.2) is 13.0 Å². The quantitative estimate of drug-likeness (QED) is 0.891. The number of nitrogens with two attached hydrogens (primary N) is 1. The molecule has 0 aromatic heterocycles. The van der Waals surface area contributed by atoms with Gasteiger partial charge < -0.3 is 10.5 Å². The molecule has 1 amide bonds. The van der Waals surface area contributed by atoms with E-state index < -0.39 is 5.91 Å². The number of aryl methyl sites for hydroxylation is 1. The van der Waals surface area contributed by atoms with Gasteiger partial charge >= 0.3 is 0 Å². The summed E-state index contributed by atoms with van der Waals surface area (Å²) >= 11 is 12.3. The summed E-state index contributed by atoms with van der Waals surface area (Å²) in [4.78, 5) is 11.5. The van der Waals surface area contributed by atoms with Crippen LogP contribution in [0.5, 0.6) is 0 Å². The van der Waals surface area contributed by atoms with E-state index in [4.69, 9.17) is 33.7 Å². The lowest BCUT2D eigenvalue weighted by Crippen LogP contribution is -2.13. The van der Waals surface area contributed by atoms with E-state index in [1.807, 2.05) is 25.1 Å². The maximum Gasteiger partial charge on any atom is 0.251 e. The third kappa shape index (κ3) is 3.61. The van der Waals surface area contributed by atoms with Crippen molar-refractivity contribution in [1.82, 2.24) is 0 Å². The summed E-state index contributed by atoms with van der Waals surface area (Å²) in [5.41, 5.74) is 9.72. The minimum absolute atomic E-state index is 0.175. The average molecular weight is 338 g/mol. The summed E-state index contributed by atoms with van der Waals surface area (Å²) in [5, 5.41) is 0.589. The monoisotopic (exact) mass is 337 g/mol. The lowest BCUT2D eigenvalue weighted by atomic mass is 9.99. The number of primary amides is 1. The molecule has 0 unspecified atom stereocenters. The molecule has 116 valence electrons. The van der Waals surface area contributed by atoms with Crippen LogP contribution < -0.4 is 5.73 Å². The standard InChI is InChI=1S/C17H17Cl2NO2/c1-10-7-11(3-4-13(10)9-22-2)8-12-5-6-14(18)15(16(12)19)17(20)21/h3-7H,8-9H2,1-2H3,(H2,20,21). The first kappa shape index (κ1) is 16.8. The SMILES string of the molecule is COCc1ccc(Cc2ccc(Cl)c(C(N)=O)c2Cl)cc1C. The summed E-state index contributed by atoms with van der Waals surface area (Å²) in [6.45, 7) is 2.62. The second-order valence-corrected chi connectivity index (χ2v) is 5.92. The highest BCUT2D eigenvalue weighted by atomic mass is 35.5. The summed E-state index contributed by atoms with van der Waals surface area (Å²) in [7, 11) is 1.67. The number of methoxy groups -OCH3 is 1. The zero-order valence-corrected chi connectivity index (χ0v) is 14.0. The van der Waals surface area contributed by atoms with Crippen LogP contribution in [0.1, 0.15) is 32.6 Å². The minimum atomic E-state index is -0.622. The van der Waals surface area contributed by atoms with E-state index in [9.17, 15) is 4.79 Å². The first-order valence-corrected chi connectivity index (χ1v) is 7.53. The molecular weight excluding hydrogens is 321 g/mol. The Bertz CT molecular complexity index is 714. The fraction of sp³-hybridized carbons (Fsp3) is 0.235. The van der Waals surface area contributed by atoms with Crippen molar-refractivity contribution in [2.45, 2.75) is 20.0 Å². The molecule has 0 radical (unpaired) electrons. The summed E-state index contributed by atoms with van der Waals surface area (Å²) in [5.74, 6) is -0.622. The van der Waals surface area contributed by atoms with Gasteiger partial charge in [0.25, 0.3) is 5.91 Å². The number of carbonyl (C=O) groups is 1. The lowest BCUT2D eigenvalue weighted by Gasteiger charge is -2.11. The number of hydrogen-bond donors (Lipinski definition) is 1. The largest absolute Gasteiger partial charge is 0.380 e. The normalized spacial score (nSPS) is 10.7. The van der Waals surface area contributed by atoms with Crippen LogP contribution in [0.15, 0.2) is 30.3 Å². The summed E-state index contributed by atoms with van der Waals surface area (Å²) in [6.07, 6.45) is 0.602. The number of halogens is 2. The molecule has 0 saturated heterocycles. The van der Waals surface area contributed by atoms with Gasteiger partial charge in [-0.1, -0.05) is 47.5 Å². The van der Waals surface area contributed by atoms with Crippen molar-refractivity contribution >= 4 is 29.1 Å². The fourth-order valence-corrected chi connectivity index (χ4v) is 2.99. The number of benzene rings is 2. The number of ether oxygens (including phenoxy) is 1. The highest BCUT2D eigenvalue weighted by Gasteiger charge is 2.15. The molecule has 2 N–H and O–H groups in total. The molecule has 2 aromatic rings. The van der Waals surface area contributed by atoms with Gasteiger partial charge in [0.05, 0.1) is 22.2 Å². The van der Waals surface area contributed by atoms with Gasteiger partial charge in [-0.15, -0.1) is 0 Å². The molecule has 2 rings (SSSR count). The summed E-state index contributed by atoms with van der Waals surface area (Å²) in [6, 6.07) is 9.61. The zero-order chi connectivity index (χ0) is 16.3. The molecule has 0 saturated carbocycles. The van der Waals surface area contributed by atoms with Gasteiger partial charge in [0.1, 0.15) is 0 Å². The van der Waals surface area contributed by atoms with E-state index in [0.717, 1.165) is 22.3 Å². The Labute approximate surface area is 140 Å². The molecule has 0 aliphatic carbocycles. The second kappa shape index (κ2) is 7.14. The van der Waals surface area contributed by atoms with Crippen molar-refractivity contribution in [3.8, 4) is 0 Å². The van der Waals surface area contributed by atoms with E-state index in [1.54, 1.807) is 13.2 Å². The molecule has 0 aliphatic rings. The molecular formula is C17H17Cl2NO2. The first-order chi connectivity index (χ1) is 10.4.